The molecule has 0 radical (unpaired) electrons. The highest BCUT2D eigenvalue weighted by Gasteiger charge is 2.21. The Labute approximate surface area is 99.6 Å². The number of hydrogen-bond donors (Lipinski definition) is 2. The number of amides is 2. The zero-order chi connectivity index (χ0) is 12.3. The van der Waals surface area contributed by atoms with E-state index in [1.807, 2.05) is 0 Å². The van der Waals surface area contributed by atoms with Crippen LogP contribution < -0.4 is 11.1 Å². The van der Waals surface area contributed by atoms with Gasteiger partial charge in [-0.3, -0.25) is 0 Å². The molecule has 0 bridgehead atoms. The average Bonchev–Trinajstić information content (AvgIpc) is 2.29. The molecule has 1 saturated heterocycles. The highest BCUT2D eigenvalue weighted by atomic mass is 19.1. The van der Waals surface area contributed by atoms with Crippen molar-refractivity contribution in [2.24, 2.45) is 5.73 Å². The Kier molecular flexibility index (Phi) is 3.58. The maximum Gasteiger partial charge on any atom is 0.321 e. The summed E-state index contributed by atoms with van der Waals surface area (Å²) in [7, 11) is 0. The SMILES string of the molecule is N[C@@H]1CCCN(C(=O)Nc2cccc(F)c2)C1. The minimum absolute atomic E-state index is 0.0435. The molecular formula is C12H16FN3O. The number of likely N-dealkylation sites (tertiary alicyclic amines) is 1. The highest BCUT2D eigenvalue weighted by molar-refractivity contribution is 5.89. The summed E-state index contributed by atoms with van der Waals surface area (Å²) < 4.78 is 12.9. The van der Waals surface area contributed by atoms with Crippen LogP contribution in [-0.4, -0.2) is 30.1 Å². The number of halogens is 1. The van der Waals surface area contributed by atoms with Gasteiger partial charge >= 0.3 is 6.03 Å². The molecule has 1 atom stereocenters. The highest BCUT2D eigenvalue weighted by Crippen LogP contribution is 2.13. The summed E-state index contributed by atoms with van der Waals surface area (Å²) in [5, 5.41) is 2.66. The topological polar surface area (TPSA) is 58.4 Å². The number of benzene rings is 1. The molecule has 2 amide bonds. The van der Waals surface area contributed by atoms with Crippen molar-refractivity contribution in [2.75, 3.05) is 18.4 Å². The minimum Gasteiger partial charge on any atom is -0.326 e. The van der Waals surface area contributed by atoms with Crippen molar-refractivity contribution in [1.29, 1.82) is 0 Å². The first-order chi connectivity index (χ1) is 8.15. The van der Waals surface area contributed by atoms with E-state index in [4.69, 9.17) is 5.73 Å². The fourth-order valence-corrected chi connectivity index (χ4v) is 1.96. The number of carbonyl (C=O) groups excluding carboxylic acids is 1. The van der Waals surface area contributed by atoms with Crippen LogP contribution in [0.2, 0.25) is 0 Å². The molecule has 92 valence electrons. The van der Waals surface area contributed by atoms with Crippen molar-refractivity contribution in [3.63, 3.8) is 0 Å². The smallest absolute Gasteiger partial charge is 0.321 e. The van der Waals surface area contributed by atoms with Crippen LogP contribution in [0.4, 0.5) is 14.9 Å². The maximum absolute atomic E-state index is 12.9. The summed E-state index contributed by atoms with van der Waals surface area (Å²) in [6.07, 6.45) is 1.86. The fourth-order valence-electron chi connectivity index (χ4n) is 1.96. The van der Waals surface area contributed by atoms with E-state index in [9.17, 15) is 9.18 Å². The largest absolute Gasteiger partial charge is 0.326 e. The Morgan fingerprint density at radius 3 is 3.06 bits per heavy atom. The van der Waals surface area contributed by atoms with Crippen LogP contribution >= 0.6 is 0 Å². The van der Waals surface area contributed by atoms with Crippen LogP contribution in [0.3, 0.4) is 0 Å². The predicted octanol–water partition coefficient (Wildman–Crippen LogP) is 1.78. The molecule has 1 heterocycles. The predicted molar refractivity (Wildman–Crippen MR) is 64.2 cm³/mol. The number of nitrogens with zero attached hydrogens (tertiary/aromatic N) is 1. The molecular weight excluding hydrogens is 221 g/mol. The van der Waals surface area contributed by atoms with Gasteiger partial charge in [-0.05, 0) is 31.0 Å². The number of carbonyl (C=O) groups is 1. The van der Waals surface area contributed by atoms with Crippen molar-refractivity contribution in [3.05, 3.63) is 30.1 Å². The molecule has 1 aromatic carbocycles. The van der Waals surface area contributed by atoms with E-state index in [1.54, 1.807) is 17.0 Å². The van der Waals surface area contributed by atoms with Crippen LogP contribution in [0.5, 0.6) is 0 Å². The maximum atomic E-state index is 12.9. The van der Waals surface area contributed by atoms with E-state index >= 15 is 0 Å². The van der Waals surface area contributed by atoms with Gasteiger partial charge in [0.1, 0.15) is 5.82 Å². The van der Waals surface area contributed by atoms with Crippen LogP contribution in [0, 0.1) is 5.82 Å². The molecule has 1 aromatic rings. The first kappa shape index (κ1) is 11.9. The van der Waals surface area contributed by atoms with Crippen molar-refractivity contribution >= 4 is 11.7 Å². The van der Waals surface area contributed by atoms with Gasteiger partial charge in [0.2, 0.25) is 0 Å². The third-order valence-electron chi connectivity index (χ3n) is 2.82. The van der Waals surface area contributed by atoms with E-state index in [0.29, 0.717) is 18.8 Å². The van der Waals surface area contributed by atoms with Crippen molar-refractivity contribution in [1.82, 2.24) is 4.90 Å². The third kappa shape index (κ3) is 3.17. The molecule has 0 unspecified atom stereocenters. The van der Waals surface area contributed by atoms with Crippen LogP contribution in [0.25, 0.3) is 0 Å². The summed E-state index contributed by atoms with van der Waals surface area (Å²) in [4.78, 5) is 13.5. The van der Waals surface area contributed by atoms with Crippen molar-refractivity contribution in [2.45, 2.75) is 18.9 Å². The van der Waals surface area contributed by atoms with E-state index < -0.39 is 0 Å². The number of anilines is 1. The second-order valence-electron chi connectivity index (χ2n) is 4.29. The molecule has 17 heavy (non-hydrogen) atoms. The lowest BCUT2D eigenvalue weighted by Crippen LogP contribution is -2.47. The van der Waals surface area contributed by atoms with Gasteiger partial charge in [0.15, 0.2) is 0 Å². The van der Waals surface area contributed by atoms with Gasteiger partial charge in [-0.1, -0.05) is 6.07 Å². The number of urea groups is 1. The Morgan fingerprint density at radius 1 is 1.53 bits per heavy atom. The van der Waals surface area contributed by atoms with Gasteiger partial charge in [0, 0.05) is 24.8 Å². The normalized spacial score (nSPS) is 20.1. The molecule has 1 aliphatic rings. The second-order valence-corrected chi connectivity index (χ2v) is 4.29. The molecule has 3 N–H and O–H groups in total. The molecule has 4 nitrogen and oxygen atoms in total. The average molecular weight is 237 g/mol. The van der Waals surface area contributed by atoms with Crippen LogP contribution in [-0.2, 0) is 0 Å². The first-order valence-electron chi connectivity index (χ1n) is 5.72. The summed E-state index contributed by atoms with van der Waals surface area (Å²) in [5.41, 5.74) is 6.27. The molecule has 2 rings (SSSR count). The summed E-state index contributed by atoms with van der Waals surface area (Å²) >= 11 is 0. The van der Waals surface area contributed by atoms with Crippen LogP contribution in [0.15, 0.2) is 24.3 Å². The lowest BCUT2D eigenvalue weighted by atomic mass is 10.1. The van der Waals surface area contributed by atoms with E-state index in [0.717, 1.165) is 12.8 Å². The molecule has 0 aliphatic carbocycles. The minimum atomic E-state index is -0.363. The van der Waals surface area contributed by atoms with Gasteiger partial charge in [0.25, 0.3) is 0 Å². The standard InChI is InChI=1S/C12H16FN3O/c13-9-3-1-5-11(7-9)15-12(17)16-6-2-4-10(14)8-16/h1,3,5,7,10H,2,4,6,8,14H2,(H,15,17)/t10-/m1/s1. The molecule has 0 saturated carbocycles. The summed E-state index contributed by atoms with van der Waals surface area (Å²) in [5.74, 6) is -0.363. The Morgan fingerprint density at radius 2 is 2.35 bits per heavy atom. The summed E-state index contributed by atoms with van der Waals surface area (Å²) in [6.45, 7) is 1.26. The number of nitrogens with two attached hydrogens (primary N) is 1. The number of rotatable bonds is 1. The second kappa shape index (κ2) is 5.14. The number of hydrogen-bond acceptors (Lipinski definition) is 2. The Bertz CT molecular complexity index is 410. The Balaban J connectivity index is 1.96. The lowest BCUT2D eigenvalue weighted by molar-refractivity contribution is 0.193. The summed E-state index contributed by atoms with van der Waals surface area (Å²) in [6, 6.07) is 5.68. The molecule has 0 aromatic heterocycles. The van der Waals surface area contributed by atoms with E-state index in [-0.39, 0.29) is 17.9 Å². The molecule has 1 aliphatic heterocycles. The first-order valence-corrected chi connectivity index (χ1v) is 5.72. The van der Waals surface area contributed by atoms with Gasteiger partial charge in [-0.25, -0.2) is 9.18 Å². The van der Waals surface area contributed by atoms with E-state index in [2.05, 4.69) is 5.32 Å². The lowest BCUT2D eigenvalue weighted by Gasteiger charge is -2.30. The van der Waals surface area contributed by atoms with Crippen molar-refractivity contribution in [3.8, 4) is 0 Å². The molecule has 1 fully saturated rings. The van der Waals surface area contributed by atoms with Gasteiger partial charge in [-0.2, -0.15) is 0 Å². The zero-order valence-corrected chi connectivity index (χ0v) is 9.53. The van der Waals surface area contributed by atoms with E-state index in [1.165, 1.54) is 12.1 Å². The van der Waals surface area contributed by atoms with Crippen molar-refractivity contribution < 1.29 is 9.18 Å². The number of piperidine rings is 1. The Hall–Kier alpha value is -1.62. The van der Waals surface area contributed by atoms with Crippen LogP contribution in [0.1, 0.15) is 12.8 Å². The van der Waals surface area contributed by atoms with Gasteiger partial charge in [-0.15, -0.1) is 0 Å². The molecule has 0 spiro atoms. The third-order valence-corrected chi connectivity index (χ3v) is 2.82. The van der Waals surface area contributed by atoms with Gasteiger partial charge in [0.05, 0.1) is 0 Å². The fraction of sp³-hybridized carbons (Fsp3) is 0.417. The molecule has 5 heteroatoms. The quantitative estimate of drug-likeness (QED) is 0.782. The zero-order valence-electron chi connectivity index (χ0n) is 9.53. The van der Waals surface area contributed by atoms with Gasteiger partial charge < -0.3 is 16.0 Å². The number of nitrogens with one attached hydrogen (secondary N) is 1. The monoisotopic (exact) mass is 237 g/mol.